The van der Waals surface area contributed by atoms with Crippen LogP contribution in [0, 0.1) is 5.82 Å². The molecule has 4 nitrogen and oxygen atoms in total. The molecule has 0 aromatic heterocycles. The van der Waals surface area contributed by atoms with E-state index in [0.29, 0.717) is 11.3 Å². The minimum absolute atomic E-state index is 0.0225. The minimum Gasteiger partial charge on any atom is -0.483 e. The Hall–Kier alpha value is -1.62. The molecule has 1 atom stereocenters. The summed E-state index contributed by atoms with van der Waals surface area (Å²) in [5, 5.41) is 0. The van der Waals surface area contributed by atoms with Gasteiger partial charge in [-0.3, -0.25) is 4.79 Å². The number of hydrogen-bond acceptors (Lipinski definition) is 3. The number of halogens is 1. The number of nitrogens with zero attached hydrogens (tertiary/aromatic N) is 1. The Balaban J connectivity index is 1.98. The topological polar surface area (TPSA) is 55.6 Å². The summed E-state index contributed by atoms with van der Waals surface area (Å²) < 4.78 is 18.7. The second kappa shape index (κ2) is 6.70. The van der Waals surface area contributed by atoms with Crippen LogP contribution in [0.25, 0.3) is 0 Å². The Morgan fingerprint density at radius 1 is 1.40 bits per heavy atom. The van der Waals surface area contributed by atoms with Crippen molar-refractivity contribution in [2.45, 2.75) is 32.2 Å². The largest absolute Gasteiger partial charge is 0.483 e. The van der Waals surface area contributed by atoms with E-state index in [1.54, 1.807) is 6.92 Å². The number of nitrogens with two attached hydrogens (primary N) is 1. The molecule has 1 aromatic rings. The van der Waals surface area contributed by atoms with E-state index < -0.39 is 0 Å². The molecule has 110 valence electrons. The van der Waals surface area contributed by atoms with Gasteiger partial charge in [-0.2, -0.15) is 0 Å². The molecule has 2 rings (SSSR count). The smallest absolute Gasteiger partial charge is 0.260 e. The molecular formula is C15H21FN2O2. The molecule has 1 aromatic carbocycles. The van der Waals surface area contributed by atoms with Crippen molar-refractivity contribution < 1.29 is 13.9 Å². The molecule has 1 aliphatic rings. The Kier molecular flexibility index (Phi) is 4.95. The Labute approximate surface area is 118 Å². The molecule has 1 saturated heterocycles. The zero-order valence-corrected chi connectivity index (χ0v) is 11.8. The first-order valence-corrected chi connectivity index (χ1v) is 7.03. The standard InChI is InChI=1S/C15H21FN2O2/c1-11(17)13-9-12(16)5-6-14(13)20-10-15(19)18-7-3-2-4-8-18/h5-6,9,11H,2-4,7-8,10,17H2,1H3/t11-/m0/s1. The minimum atomic E-state index is -0.355. The van der Waals surface area contributed by atoms with E-state index in [4.69, 9.17) is 10.5 Å². The van der Waals surface area contributed by atoms with Crippen LogP contribution < -0.4 is 10.5 Å². The second-order valence-corrected chi connectivity index (χ2v) is 5.20. The average molecular weight is 280 g/mol. The number of likely N-dealkylation sites (tertiary alicyclic amines) is 1. The Morgan fingerprint density at radius 3 is 2.75 bits per heavy atom. The molecule has 0 radical (unpaired) electrons. The van der Waals surface area contributed by atoms with Crippen molar-refractivity contribution in [1.82, 2.24) is 4.90 Å². The molecule has 1 aliphatic heterocycles. The van der Waals surface area contributed by atoms with Crippen molar-refractivity contribution >= 4 is 5.91 Å². The van der Waals surface area contributed by atoms with Gasteiger partial charge in [0.05, 0.1) is 0 Å². The fraction of sp³-hybridized carbons (Fsp3) is 0.533. The number of rotatable bonds is 4. The van der Waals surface area contributed by atoms with Crippen LogP contribution in [0.2, 0.25) is 0 Å². The highest BCUT2D eigenvalue weighted by Crippen LogP contribution is 2.24. The van der Waals surface area contributed by atoms with Crippen molar-refractivity contribution in [3.63, 3.8) is 0 Å². The third-order valence-electron chi connectivity index (χ3n) is 3.52. The van der Waals surface area contributed by atoms with E-state index >= 15 is 0 Å². The molecule has 0 unspecified atom stereocenters. The van der Waals surface area contributed by atoms with Gasteiger partial charge in [0.25, 0.3) is 5.91 Å². The fourth-order valence-electron chi connectivity index (χ4n) is 2.38. The van der Waals surface area contributed by atoms with Crippen LogP contribution in [-0.4, -0.2) is 30.5 Å². The van der Waals surface area contributed by atoms with Crippen molar-refractivity contribution in [3.8, 4) is 5.75 Å². The quantitative estimate of drug-likeness (QED) is 0.920. The molecule has 0 saturated carbocycles. The van der Waals surface area contributed by atoms with Crippen molar-refractivity contribution in [3.05, 3.63) is 29.6 Å². The van der Waals surface area contributed by atoms with Crippen LogP contribution >= 0.6 is 0 Å². The summed E-state index contributed by atoms with van der Waals surface area (Å²) in [5.41, 5.74) is 6.37. The maximum Gasteiger partial charge on any atom is 0.260 e. The van der Waals surface area contributed by atoms with E-state index in [2.05, 4.69) is 0 Å². The molecule has 5 heteroatoms. The van der Waals surface area contributed by atoms with E-state index in [1.807, 2.05) is 4.90 Å². The van der Waals surface area contributed by atoms with Gasteiger partial charge in [-0.25, -0.2) is 4.39 Å². The van der Waals surface area contributed by atoms with Gasteiger partial charge in [-0.1, -0.05) is 0 Å². The van der Waals surface area contributed by atoms with E-state index in [1.165, 1.54) is 24.6 Å². The Bertz CT molecular complexity index is 471. The molecule has 1 fully saturated rings. The highest BCUT2D eigenvalue weighted by molar-refractivity contribution is 5.77. The monoisotopic (exact) mass is 280 g/mol. The van der Waals surface area contributed by atoms with Crippen LogP contribution in [0.15, 0.2) is 18.2 Å². The summed E-state index contributed by atoms with van der Waals surface area (Å²) in [4.78, 5) is 13.8. The maximum atomic E-state index is 13.2. The molecule has 1 amide bonds. The molecule has 20 heavy (non-hydrogen) atoms. The molecule has 0 bridgehead atoms. The SMILES string of the molecule is C[C@H](N)c1cc(F)ccc1OCC(=O)N1CCCCC1. The molecular weight excluding hydrogens is 259 g/mol. The first-order chi connectivity index (χ1) is 9.58. The summed E-state index contributed by atoms with van der Waals surface area (Å²) in [6.45, 7) is 3.33. The van der Waals surface area contributed by atoms with Crippen LogP contribution in [0.5, 0.6) is 5.75 Å². The maximum absolute atomic E-state index is 13.2. The number of carbonyl (C=O) groups is 1. The first kappa shape index (κ1) is 14.8. The number of ether oxygens (including phenoxy) is 1. The summed E-state index contributed by atoms with van der Waals surface area (Å²) in [7, 11) is 0. The number of amides is 1. The summed E-state index contributed by atoms with van der Waals surface area (Å²) >= 11 is 0. The van der Waals surface area contributed by atoms with Crippen molar-refractivity contribution in [2.75, 3.05) is 19.7 Å². The van der Waals surface area contributed by atoms with Gasteiger partial charge in [0.1, 0.15) is 11.6 Å². The van der Waals surface area contributed by atoms with Gasteiger partial charge in [0.2, 0.25) is 0 Å². The lowest BCUT2D eigenvalue weighted by molar-refractivity contribution is -0.134. The lowest BCUT2D eigenvalue weighted by Gasteiger charge is -2.26. The lowest BCUT2D eigenvalue weighted by atomic mass is 10.1. The van der Waals surface area contributed by atoms with Gasteiger partial charge in [0, 0.05) is 24.7 Å². The normalized spacial score (nSPS) is 16.9. The number of piperidine rings is 1. The number of carbonyl (C=O) groups excluding carboxylic acids is 1. The molecule has 0 spiro atoms. The zero-order valence-electron chi connectivity index (χ0n) is 11.8. The van der Waals surface area contributed by atoms with Crippen LogP contribution in [0.3, 0.4) is 0 Å². The highest BCUT2D eigenvalue weighted by atomic mass is 19.1. The van der Waals surface area contributed by atoms with Gasteiger partial charge in [-0.15, -0.1) is 0 Å². The van der Waals surface area contributed by atoms with Crippen molar-refractivity contribution in [2.24, 2.45) is 5.73 Å². The molecule has 2 N–H and O–H groups in total. The highest BCUT2D eigenvalue weighted by Gasteiger charge is 2.18. The predicted molar refractivity (Wildman–Crippen MR) is 74.9 cm³/mol. The lowest BCUT2D eigenvalue weighted by Crippen LogP contribution is -2.38. The Morgan fingerprint density at radius 2 is 2.10 bits per heavy atom. The molecule has 1 heterocycles. The molecule has 0 aliphatic carbocycles. The van der Waals surface area contributed by atoms with Gasteiger partial charge >= 0.3 is 0 Å². The second-order valence-electron chi connectivity index (χ2n) is 5.20. The summed E-state index contributed by atoms with van der Waals surface area (Å²) in [6, 6.07) is 3.85. The number of hydrogen-bond donors (Lipinski definition) is 1. The summed E-state index contributed by atoms with van der Waals surface area (Å²) in [5.74, 6) is 0.100. The third-order valence-corrected chi connectivity index (χ3v) is 3.52. The number of benzene rings is 1. The fourth-order valence-corrected chi connectivity index (χ4v) is 2.38. The van der Waals surface area contributed by atoms with Crippen molar-refractivity contribution in [1.29, 1.82) is 0 Å². The first-order valence-electron chi connectivity index (χ1n) is 7.03. The summed E-state index contributed by atoms with van der Waals surface area (Å²) in [6.07, 6.45) is 3.28. The van der Waals surface area contributed by atoms with Gasteiger partial charge < -0.3 is 15.4 Å². The predicted octanol–water partition coefficient (Wildman–Crippen LogP) is 2.24. The van der Waals surface area contributed by atoms with E-state index in [0.717, 1.165) is 25.9 Å². The van der Waals surface area contributed by atoms with Gasteiger partial charge in [0.15, 0.2) is 6.61 Å². The third kappa shape index (κ3) is 3.70. The van der Waals surface area contributed by atoms with Crippen LogP contribution in [-0.2, 0) is 4.79 Å². The zero-order chi connectivity index (χ0) is 14.5. The van der Waals surface area contributed by atoms with Crippen LogP contribution in [0.1, 0.15) is 37.8 Å². The average Bonchev–Trinajstić information content (AvgIpc) is 2.46. The van der Waals surface area contributed by atoms with Crippen LogP contribution in [0.4, 0.5) is 4.39 Å². The van der Waals surface area contributed by atoms with Gasteiger partial charge in [-0.05, 0) is 44.4 Å². The van der Waals surface area contributed by atoms with E-state index in [9.17, 15) is 9.18 Å². The van der Waals surface area contributed by atoms with E-state index in [-0.39, 0.29) is 24.4 Å².